The lowest BCUT2D eigenvalue weighted by Gasteiger charge is -2.14. The Morgan fingerprint density at radius 2 is 1.30 bits per heavy atom. The topological polar surface area (TPSA) is 74.2 Å². The zero-order chi connectivity index (χ0) is 17.0. The molecule has 0 fully saturated rings. The Hall–Kier alpha value is -2.41. The summed E-state index contributed by atoms with van der Waals surface area (Å²) in [5.74, 6) is 1.50. The highest BCUT2D eigenvalue weighted by molar-refractivity contribution is 7.85. The molecule has 0 aliphatic carbocycles. The fourth-order valence-corrected chi connectivity index (χ4v) is 3.18. The highest BCUT2D eigenvalue weighted by Gasteiger charge is 2.18. The van der Waals surface area contributed by atoms with Gasteiger partial charge in [0.25, 0.3) is 0 Å². The fourth-order valence-electron chi connectivity index (χ4n) is 2.07. The molecule has 1 atom stereocenters. The van der Waals surface area contributed by atoms with Crippen molar-refractivity contribution >= 4 is 10.8 Å². The second-order valence-electron chi connectivity index (χ2n) is 4.46. The molecule has 0 radical (unpaired) electrons. The van der Waals surface area contributed by atoms with Crippen LogP contribution in [0.5, 0.6) is 28.7 Å². The Bertz CT molecular complexity index is 704. The van der Waals surface area contributed by atoms with Crippen LogP contribution in [0.2, 0.25) is 0 Å². The molecular weight excluding hydrogens is 320 g/mol. The van der Waals surface area contributed by atoms with Crippen molar-refractivity contribution in [2.24, 2.45) is 0 Å². The number of rotatable bonds is 6. The van der Waals surface area contributed by atoms with Gasteiger partial charge in [-0.05, 0) is 12.1 Å². The molecule has 0 spiro atoms. The van der Waals surface area contributed by atoms with E-state index >= 15 is 0 Å². The van der Waals surface area contributed by atoms with Crippen LogP contribution >= 0.6 is 0 Å². The molecule has 0 amide bonds. The largest absolute Gasteiger partial charge is 0.504 e. The van der Waals surface area contributed by atoms with Gasteiger partial charge in [-0.1, -0.05) is 0 Å². The SMILES string of the molecule is COc1cc(S(=O)c2cc(OC)c(OC)c(OC)c2)ccc1O. The van der Waals surface area contributed by atoms with E-state index in [4.69, 9.17) is 18.9 Å². The Kier molecular flexibility index (Phi) is 5.33. The first kappa shape index (κ1) is 17.0. The number of phenols is 1. The minimum Gasteiger partial charge on any atom is -0.504 e. The molecule has 7 heteroatoms. The van der Waals surface area contributed by atoms with Gasteiger partial charge in [-0.25, -0.2) is 4.21 Å². The number of hydrogen-bond donors (Lipinski definition) is 1. The molecule has 0 heterocycles. The maximum absolute atomic E-state index is 12.8. The van der Waals surface area contributed by atoms with Crippen LogP contribution in [0.1, 0.15) is 0 Å². The molecule has 2 aromatic rings. The van der Waals surface area contributed by atoms with Crippen molar-refractivity contribution in [3.8, 4) is 28.7 Å². The second kappa shape index (κ2) is 7.23. The van der Waals surface area contributed by atoms with Crippen molar-refractivity contribution in [3.05, 3.63) is 30.3 Å². The summed E-state index contributed by atoms with van der Waals surface area (Å²) in [5, 5.41) is 9.64. The average Bonchev–Trinajstić information content (AvgIpc) is 2.60. The van der Waals surface area contributed by atoms with Gasteiger partial charge in [0.2, 0.25) is 5.75 Å². The Morgan fingerprint density at radius 3 is 1.78 bits per heavy atom. The van der Waals surface area contributed by atoms with Crippen LogP contribution in [0.4, 0.5) is 0 Å². The first-order valence-corrected chi connectivity index (χ1v) is 7.79. The standard InChI is InChI=1S/C16H18O6S/c1-19-13-7-10(5-6-12(13)17)23(18)11-8-14(20-2)16(22-4)15(9-11)21-3/h5-9,17H,1-4H3. The highest BCUT2D eigenvalue weighted by atomic mass is 32.2. The van der Waals surface area contributed by atoms with Crippen molar-refractivity contribution in [2.45, 2.75) is 9.79 Å². The second-order valence-corrected chi connectivity index (χ2v) is 5.94. The first-order valence-electron chi connectivity index (χ1n) is 6.64. The Balaban J connectivity index is 2.51. The van der Waals surface area contributed by atoms with Crippen molar-refractivity contribution < 1.29 is 28.3 Å². The molecule has 1 unspecified atom stereocenters. The average molecular weight is 338 g/mol. The van der Waals surface area contributed by atoms with Gasteiger partial charge in [-0.15, -0.1) is 0 Å². The third-order valence-corrected chi connectivity index (χ3v) is 4.56. The van der Waals surface area contributed by atoms with Crippen LogP contribution in [0.3, 0.4) is 0 Å². The normalized spacial score (nSPS) is 11.7. The van der Waals surface area contributed by atoms with Gasteiger partial charge < -0.3 is 24.1 Å². The summed E-state index contributed by atoms with van der Waals surface area (Å²) in [6.07, 6.45) is 0. The molecule has 0 saturated heterocycles. The van der Waals surface area contributed by atoms with Crippen molar-refractivity contribution in [1.82, 2.24) is 0 Å². The summed E-state index contributed by atoms with van der Waals surface area (Å²) in [6, 6.07) is 7.77. The van der Waals surface area contributed by atoms with E-state index in [0.29, 0.717) is 27.0 Å². The van der Waals surface area contributed by atoms with E-state index in [2.05, 4.69) is 0 Å². The number of phenolic OH excluding ortho intramolecular Hbond substituents is 1. The number of hydrogen-bond acceptors (Lipinski definition) is 6. The van der Waals surface area contributed by atoms with Gasteiger partial charge in [0.05, 0.1) is 44.1 Å². The summed E-state index contributed by atoms with van der Waals surface area (Å²) in [4.78, 5) is 0.959. The number of benzene rings is 2. The van der Waals surface area contributed by atoms with Gasteiger partial charge in [0, 0.05) is 23.1 Å². The van der Waals surface area contributed by atoms with Crippen LogP contribution in [-0.4, -0.2) is 37.8 Å². The summed E-state index contributed by atoms with van der Waals surface area (Å²) in [7, 11) is 4.41. The molecular formula is C16H18O6S. The number of aromatic hydroxyl groups is 1. The number of methoxy groups -OCH3 is 4. The van der Waals surface area contributed by atoms with E-state index in [-0.39, 0.29) is 11.5 Å². The van der Waals surface area contributed by atoms with Gasteiger partial charge in [-0.2, -0.15) is 0 Å². The van der Waals surface area contributed by atoms with E-state index < -0.39 is 10.8 Å². The van der Waals surface area contributed by atoms with Gasteiger partial charge >= 0.3 is 0 Å². The number of ether oxygens (including phenoxy) is 4. The van der Waals surface area contributed by atoms with Crippen molar-refractivity contribution in [3.63, 3.8) is 0 Å². The summed E-state index contributed by atoms with van der Waals surface area (Å²) < 4.78 is 33.6. The fraction of sp³-hybridized carbons (Fsp3) is 0.250. The minimum atomic E-state index is -1.51. The lowest BCUT2D eigenvalue weighted by Crippen LogP contribution is -1.99. The molecule has 0 aliphatic rings. The van der Waals surface area contributed by atoms with E-state index in [0.717, 1.165) is 0 Å². The molecule has 6 nitrogen and oxygen atoms in total. The maximum atomic E-state index is 12.8. The van der Waals surface area contributed by atoms with Crippen LogP contribution in [0, 0.1) is 0 Å². The molecule has 0 aromatic heterocycles. The van der Waals surface area contributed by atoms with E-state index in [1.165, 1.54) is 40.6 Å². The summed E-state index contributed by atoms with van der Waals surface area (Å²) in [5.41, 5.74) is 0. The van der Waals surface area contributed by atoms with Crippen LogP contribution < -0.4 is 18.9 Å². The summed E-state index contributed by atoms with van der Waals surface area (Å²) >= 11 is 0. The summed E-state index contributed by atoms with van der Waals surface area (Å²) in [6.45, 7) is 0. The van der Waals surface area contributed by atoms with Crippen LogP contribution in [0.15, 0.2) is 40.1 Å². The predicted molar refractivity (Wildman–Crippen MR) is 85.4 cm³/mol. The third-order valence-electron chi connectivity index (χ3n) is 3.22. The molecule has 2 aromatic carbocycles. The van der Waals surface area contributed by atoms with Crippen molar-refractivity contribution in [2.75, 3.05) is 28.4 Å². The van der Waals surface area contributed by atoms with Crippen LogP contribution in [-0.2, 0) is 10.8 Å². The van der Waals surface area contributed by atoms with E-state index in [9.17, 15) is 9.32 Å². The molecule has 124 valence electrons. The van der Waals surface area contributed by atoms with Crippen molar-refractivity contribution in [1.29, 1.82) is 0 Å². The third kappa shape index (κ3) is 3.34. The van der Waals surface area contributed by atoms with Gasteiger partial charge in [0.1, 0.15) is 0 Å². The molecule has 0 aliphatic heterocycles. The minimum absolute atomic E-state index is 0.0156. The lowest BCUT2D eigenvalue weighted by molar-refractivity contribution is 0.323. The van der Waals surface area contributed by atoms with E-state index in [1.54, 1.807) is 18.2 Å². The monoisotopic (exact) mass is 338 g/mol. The molecule has 1 N–H and O–H groups in total. The lowest BCUT2D eigenvalue weighted by atomic mass is 10.3. The molecule has 2 rings (SSSR count). The maximum Gasteiger partial charge on any atom is 0.203 e. The predicted octanol–water partition coefficient (Wildman–Crippen LogP) is 2.59. The first-order chi connectivity index (χ1) is 11.0. The van der Waals surface area contributed by atoms with Gasteiger partial charge in [-0.3, -0.25) is 0 Å². The van der Waals surface area contributed by atoms with Gasteiger partial charge in [0.15, 0.2) is 23.0 Å². The Morgan fingerprint density at radius 1 is 0.783 bits per heavy atom. The quantitative estimate of drug-likeness (QED) is 0.873. The smallest absolute Gasteiger partial charge is 0.203 e. The van der Waals surface area contributed by atoms with E-state index in [1.807, 2.05) is 0 Å². The molecule has 0 saturated carbocycles. The zero-order valence-electron chi connectivity index (χ0n) is 13.3. The zero-order valence-corrected chi connectivity index (χ0v) is 14.1. The van der Waals surface area contributed by atoms with Crippen LogP contribution in [0.25, 0.3) is 0 Å². The molecule has 0 bridgehead atoms. The Labute approximate surface area is 137 Å². The highest BCUT2D eigenvalue weighted by Crippen LogP contribution is 2.40. The molecule has 23 heavy (non-hydrogen) atoms.